The first-order valence-corrected chi connectivity index (χ1v) is 12.3. The second kappa shape index (κ2) is 19.7. The summed E-state index contributed by atoms with van der Waals surface area (Å²) < 4.78 is 0. The fraction of sp³-hybridized carbons (Fsp3) is 1.00. The SMILES string of the molecule is CCCCCCCCCCCCCCCCCCCCCCC(C)(C)O. The van der Waals surface area contributed by atoms with Crippen LogP contribution < -0.4 is 0 Å². The third-order valence-electron chi connectivity index (χ3n) is 5.64. The number of hydrogen-bond donors (Lipinski definition) is 1. The Kier molecular flexibility index (Phi) is 19.7. The molecule has 0 bridgehead atoms. The Labute approximate surface area is 166 Å². The van der Waals surface area contributed by atoms with E-state index in [0.717, 1.165) is 6.42 Å². The lowest BCUT2D eigenvalue weighted by Crippen LogP contribution is -2.17. The van der Waals surface area contributed by atoms with E-state index in [2.05, 4.69) is 6.92 Å². The fourth-order valence-corrected chi connectivity index (χ4v) is 3.81. The van der Waals surface area contributed by atoms with Crippen LogP contribution in [0.15, 0.2) is 0 Å². The van der Waals surface area contributed by atoms with Crippen molar-refractivity contribution in [3.63, 3.8) is 0 Å². The van der Waals surface area contributed by atoms with Gasteiger partial charge in [0.15, 0.2) is 0 Å². The summed E-state index contributed by atoms with van der Waals surface area (Å²) in [4.78, 5) is 0. The zero-order valence-electron chi connectivity index (χ0n) is 18.8. The van der Waals surface area contributed by atoms with Crippen LogP contribution in [0.1, 0.15) is 156 Å². The van der Waals surface area contributed by atoms with Crippen molar-refractivity contribution in [2.24, 2.45) is 0 Å². The fourth-order valence-electron chi connectivity index (χ4n) is 3.81. The van der Waals surface area contributed by atoms with E-state index in [9.17, 15) is 5.11 Å². The summed E-state index contributed by atoms with van der Waals surface area (Å²) in [5.41, 5.74) is -0.464. The molecule has 0 spiro atoms. The van der Waals surface area contributed by atoms with Gasteiger partial charge >= 0.3 is 0 Å². The van der Waals surface area contributed by atoms with Crippen molar-refractivity contribution >= 4 is 0 Å². The van der Waals surface area contributed by atoms with Gasteiger partial charge in [-0.2, -0.15) is 0 Å². The quantitative estimate of drug-likeness (QED) is 0.200. The molecule has 0 saturated heterocycles. The molecule has 1 N–H and O–H groups in total. The largest absolute Gasteiger partial charge is 0.390 e. The van der Waals surface area contributed by atoms with Crippen LogP contribution in [0.2, 0.25) is 0 Å². The van der Waals surface area contributed by atoms with Crippen molar-refractivity contribution in [2.45, 2.75) is 161 Å². The van der Waals surface area contributed by atoms with Crippen LogP contribution in [0.3, 0.4) is 0 Å². The molecule has 0 aromatic heterocycles. The number of rotatable bonds is 21. The number of unbranched alkanes of at least 4 members (excludes halogenated alkanes) is 19. The Morgan fingerprint density at radius 3 is 0.885 bits per heavy atom. The van der Waals surface area contributed by atoms with Crippen LogP contribution >= 0.6 is 0 Å². The second-order valence-corrected chi connectivity index (χ2v) is 9.28. The lowest BCUT2D eigenvalue weighted by Gasteiger charge is -2.16. The molecule has 0 unspecified atom stereocenters. The third kappa shape index (κ3) is 24.0. The maximum absolute atomic E-state index is 9.67. The van der Waals surface area contributed by atoms with E-state index in [1.54, 1.807) is 0 Å². The Bertz CT molecular complexity index is 253. The first-order chi connectivity index (χ1) is 12.6. The summed E-state index contributed by atoms with van der Waals surface area (Å²) in [5, 5.41) is 9.67. The van der Waals surface area contributed by atoms with Gasteiger partial charge in [-0.1, -0.05) is 135 Å². The molecule has 0 atom stereocenters. The number of aliphatic hydroxyl groups is 1. The first-order valence-electron chi connectivity index (χ1n) is 12.3. The molecule has 0 aliphatic heterocycles. The Hall–Kier alpha value is -0.0400. The highest BCUT2D eigenvalue weighted by Gasteiger charge is 2.10. The average molecular weight is 369 g/mol. The maximum atomic E-state index is 9.67. The van der Waals surface area contributed by atoms with E-state index in [1.807, 2.05) is 13.8 Å². The van der Waals surface area contributed by atoms with Gasteiger partial charge < -0.3 is 5.11 Å². The molecule has 0 heterocycles. The topological polar surface area (TPSA) is 20.2 Å². The molecule has 0 fully saturated rings. The highest BCUT2D eigenvalue weighted by molar-refractivity contribution is 4.64. The van der Waals surface area contributed by atoms with Crippen molar-refractivity contribution in [1.82, 2.24) is 0 Å². The Balaban J connectivity index is 3.01. The maximum Gasteiger partial charge on any atom is 0.0591 e. The summed E-state index contributed by atoms with van der Waals surface area (Å²) in [6.45, 7) is 6.13. The van der Waals surface area contributed by atoms with Crippen molar-refractivity contribution in [1.29, 1.82) is 0 Å². The molecule has 0 amide bonds. The van der Waals surface area contributed by atoms with Gasteiger partial charge in [0, 0.05) is 0 Å². The van der Waals surface area contributed by atoms with Gasteiger partial charge in [-0.3, -0.25) is 0 Å². The molecule has 0 aliphatic rings. The van der Waals surface area contributed by atoms with Crippen LogP contribution in [0, 0.1) is 0 Å². The highest BCUT2D eigenvalue weighted by Crippen LogP contribution is 2.16. The second-order valence-electron chi connectivity index (χ2n) is 9.28. The third-order valence-corrected chi connectivity index (χ3v) is 5.64. The van der Waals surface area contributed by atoms with Gasteiger partial charge in [0.2, 0.25) is 0 Å². The van der Waals surface area contributed by atoms with Crippen molar-refractivity contribution < 1.29 is 5.11 Å². The van der Waals surface area contributed by atoms with Crippen molar-refractivity contribution in [3.05, 3.63) is 0 Å². The molecule has 0 radical (unpaired) electrons. The molecule has 0 aromatic carbocycles. The number of hydrogen-bond acceptors (Lipinski definition) is 1. The first kappa shape index (κ1) is 26.0. The Morgan fingerprint density at radius 2 is 0.654 bits per heavy atom. The van der Waals surface area contributed by atoms with Gasteiger partial charge in [-0.05, 0) is 20.3 Å². The summed E-state index contributed by atoms with van der Waals surface area (Å²) in [6, 6.07) is 0. The van der Waals surface area contributed by atoms with E-state index in [0.29, 0.717) is 0 Å². The van der Waals surface area contributed by atoms with Gasteiger partial charge in [0.05, 0.1) is 5.60 Å². The monoisotopic (exact) mass is 368 g/mol. The zero-order valence-corrected chi connectivity index (χ0v) is 18.8. The van der Waals surface area contributed by atoms with Gasteiger partial charge in [-0.15, -0.1) is 0 Å². The summed E-state index contributed by atoms with van der Waals surface area (Å²) in [7, 11) is 0. The van der Waals surface area contributed by atoms with Crippen LogP contribution in [0.25, 0.3) is 0 Å². The molecule has 1 nitrogen and oxygen atoms in total. The van der Waals surface area contributed by atoms with Crippen LogP contribution in [-0.2, 0) is 0 Å². The van der Waals surface area contributed by atoms with E-state index in [1.165, 1.54) is 128 Å². The highest BCUT2D eigenvalue weighted by atomic mass is 16.3. The molecular weight excluding hydrogens is 316 g/mol. The molecule has 1 heteroatoms. The molecule has 26 heavy (non-hydrogen) atoms. The van der Waals surface area contributed by atoms with E-state index in [4.69, 9.17) is 0 Å². The minimum Gasteiger partial charge on any atom is -0.390 e. The summed E-state index contributed by atoms with van der Waals surface area (Å²) in [6.07, 6.45) is 29.4. The molecule has 0 aliphatic carbocycles. The predicted molar refractivity (Wildman–Crippen MR) is 119 cm³/mol. The molecule has 0 rings (SSSR count). The zero-order chi connectivity index (χ0) is 19.3. The van der Waals surface area contributed by atoms with Crippen LogP contribution in [-0.4, -0.2) is 10.7 Å². The van der Waals surface area contributed by atoms with Gasteiger partial charge in [-0.25, -0.2) is 0 Å². The van der Waals surface area contributed by atoms with Crippen LogP contribution in [0.4, 0.5) is 0 Å². The van der Waals surface area contributed by atoms with Gasteiger partial charge in [0.25, 0.3) is 0 Å². The van der Waals surface area contributed by atoms with Crippen molar-refractivity contribution in [3.8, 4) is 0 Å². The minimum atomic E-state index is -0.464. The molecule has 158 valence electrons. The molecule has 0 aromatic rings. The summed E-state index contributed by atoms with van der Waals surface area (Å²) >= 11 is 0. The predicted octanol–water partition coefficient (Wildman–Crippen LogP) is 8.97. The lowest BCUT2D eigenvalue weighted by molar-refractivity contribution is 0.0680. The smallest absolute Gasteiger partial charge is 0.0591 e. The molecular formula is C25H52O. The normalized spacial score (nSPS) is 12.0. The van der Waals surface area contributed by atoms with Gasteiger partial charge in [0.1, 0.15) is 0 Å². The van der Waals surface area contributed by atoms with Crippen molar-refractivity contribution in [2.75, 3.05) is 0 Å². The standard InChI is InChI=1S/C25H52O/c1-4-5-6-7-8-9-10-11-12-13-14-15-16-17-18-19-20-21-22-23-24-25(2,3)26/h26H,4-24H2,1-3H3. The lowest BCUT2D eigenvalue weighted by atomic mass is 9.99. The van der Waals surface area contributed by atoms with E-state index >= 15 is 0 Å². The van der Waals surface area contributed by atoms with E-state index in [-0.39, 0.29) is 0 Å². The Morgan fingerprint density at radius 1 is 0.423 bits per heavy atom. The average Bonchev–Trinajstić information content (AvgIpc) is 2.59. The van der Waals surface area contributed by atoms with Crippen LogP contribution in [0.5, 0.6) is 0 Å². The van der Waals surface area contributed by atoms with E-state index < -0.39 is 5.60 Å². The summed E-state index contributed by atoms with van der Waals surface area (Å²) in [5.74, 6) is 0. The minimum absolute atomic E-state index is 0.464. The molecule has 0 saturated carbocycles.